The molecule has 2 aromatic carbocycles. The lowest BCUT2D eigenvalue weighted by molar-refractivity contribution is 1.30. The summed E-state index contributed by atoms with van der Waals surface area (Å²) in [6.45, 7) is 0. The zero-order chi connectivity index (χ0) is 12.5. The summed E-state index contributed by atoms with van der Waals surface area (Å²) in [7, 11) is 0. The molecule has 1 heterocycles. The van der Waals surface area contributed by atoms with E-state index in [1.54, 1.807) is 23.9 Å². The first-order valence-corrected chi connectivity index (χ1v) is 6.15. The van der Waals surface area contributed by atoms with Gasteiger partial charge in [0.1, 0.15) is 0 Å². The van der Waals surface area contributed by atoms with Crippen molar-refractivity contribution in [3.05, 3.63) is 47.5 Å². The third-order valence-corrected chi connectivity index (χ3v) is 3.84. The summed E-state index contributed by atoms with van der Waals surface area (Å²) in [5.41, 5.74) is 3.21. The maximum atomic E-state index is 8.89. The van der Waals surface area contributed by atoms with Gasteiger partial charge in [-0.3, -0.25) is 0 Å². The fourth-order valence-corrected chi connectivity index (χ4v) is 2.84. The van der Waals surface area contributed by atoms with Crippen molar-refractivity contribution < 1.29 is 0 Å². The summed E-state index contributed by atoms with van der Waals surface area (Å²) in [6, 6.07) is 15.4. The molecule has 0 saturated carbocycles. The molecule has 0 spiro atoms. The van der Waals surface area contributed by atoms with Crippen molar-refractivity contribution in [3.8, 4) is 12.1 Å². The van der Waals surface area contributed by atoms with Gasteiger partial charge in [-0.1, -0.05) is 11.8 Å². The van der Waals surface area contributed by atoms with Crippen LogP contribution in [-0.4, -0.2) is 0 Å². The zero-order valence-electron chi connectivity index (χ0n) is 9.27. The Balaban J connectivity index is 2.07. The number of nitrogens with one attached hydrogen (secondary N) is 1. The summed E-state index contributed by atoms with van der Waals surface area (Å²) >= 11 is 1.61. The minimum absolute atomic E-state index is 0.638. The highest BCUT2D eigenvalue weighted by molar-refractivity contribution is 7.99. The van der Waals surface area contributed by atoms with E-state index in [0.29, 0.717) is 11.1 Å². The summed E-state index contributed by atoms with van der Waals surface area (Å²) in [6.07, 6.45) is 0. The normalized spacial score (nSPS) is 11.4. The van der Waals surface area contributed by atoms with Crippen LogP contribution in [0.2, 0.25) is 0 Å². The SMILES string of the molecule is N#Cc1ccc2c(c1)Nc1ccc(C#N)cc1S2. The van der Waals surface area contributed by atoms with Crippen molar-refractivity contribution in [2.75, 3.05) is 5.32 Å². The Morgan fingerprint density at radius 1 is 0.833 bits per heavy atom. The Hall–Kier alpha value is -2.43. The van der Waals surface area contributed by atoms with Crippen LogP contribution in [0, 0.1) is 22.7 Å². The third kappa shape index (κ3) is 1.69. The highest BCUT2D eigenvalue weighted by Crippen LogP contribution is 2.44. The number of rotatable bonds is 0. The molecule has 3 nitrogen and oxygen atoms in total. The van der Waals surface area contributed by atoms with E-state index >= 15 is 0 Å². The van der Waals surface area contributed by atoms with Gasteiger partial charge in [0.25, 0.3) is 0 Å². The third-order valence-electron chi connectivity index (χ3n) is 2.71. The molecule has 0 bridgehead atoms. The zero-order valence-corrected chi connectivity index (χ0v) is 10.1. The van der Waals surface area contributed by atoms with Crippen molar-refractivity contribution in [2.24, 2.45) is 0 Å². The fraction of sp³-hybridized carbons (Fsp3) is 0. The molecule has 0 aromatic heterocycles. The molecule has 2 aromatic rings. The van der Waals surface area contributed by atoms with Gasteiger partial charge < -0.3 is 5.32 Å². The molecule has 1 aliphatic heterocycles. The highest BCUT2D eigenvalue weighted by atomic mass is 32.2. The van der Waals surface area contributed by atoms with Crippen LogP contribution in [0.4, 0.5) is 11.4 Å². The minimum atomic E-state index is 0.638. The predicted molar refractivity (Wildman–Crippen MR) is 69.7 cm³/mol. The van der Waals surface area contributed by atoms with Crippen molar-refractivity contribution >= 4 is 23.1 Å². The summed E-state index contributed by atoms with van der Waals surface area (Å²) < 4.78 is 0. The number of hydrogen-bond acceptors (Lipinski definition) is 4. The molecule has 84 valence electrons. The molecule has 1 N–H and O–H groups in total. The van der Waals surface area contributed by atoms with E-state index in [9.17, 15) is 0 Å². The average molecular weight is 249 g/mol. The smallest absolute Gasteiger partial charge is 0.0992 e. The van der Waals surface area contributed by atoms with Gasteiger partial charge in [0.05, 0.1) is 34.6 Å². The lowest BCUT2D eigenvalue weighted by Crippen LogP contribution is -2.00. The first kappa shape index (κ1) is 10.7. The van der Waals surface area contributed by atoms with Crippen LogP contribution < -0.4 is 5.32 Å². The van der Waals surface area contributed by atoms with Gasteiger partial charge in [0.15, 0.2) is 0 Å². The molecule has 0 atom stereocenters. The number of nitriles is 2. The summed E-state index contributed by atoms with van der Waals surface area (Å²) in [5, 5.41) is 21.1. The van der Waals surface area contributed by atoms with Crippen molar-refractivity contribution in [1.29, 1.82) is 10.5 Å². The summed E-state index contributed by atoms with van der Waals surface area (Å²) in [4.78, 5) is 2.10. The van der Waals surface area contributed by atoms with E-state index in [0.717, 1.165) is 21.2 Å². The Morgan fingerprint density at radius 3 is 2.33 bits per heavy atom. The lowest BCUT2D eigenvalue weighted by atomic mass is 10.2. The molecular formula is C14H7N3S. The number of benzene rings is 2. The van der Waals surface area contributed by atoms with Crippen molar-refractivity contribution in [1.82, 2.24) is 0 Å². The van der Waals surface area contributed by atoms with Crippen molar-refractivity contribution in [3.63, 3.8) is 0 Å². The number of hydrogen-bond donors (Lipinski definition) is 1. The monoisotopic (exact) mass is 249 g/mol. The van der Waals surface area contributed by atoms with Crippen LogP contribution in [0.25, 0.3) is 0 Å². The molecule has 4 heteroatoms. The molecule has 0 aliphatic carbocycles. The standard InChI is InChI=1S/C14H7N3S/c15-7-9-2-4-13-12(5-9)17-11-3-1-10(8-16)6-14(11)18-13/h1-6,17H. The van der Waals surface area contributed by atoms with E-state index in [-0.39, 0.29) is 0 Å². The lowest BCUT2D eigenvalue weighted by Gasteiger charge is -2.20. The summed E-state index contributed by atoms with van der Waals surface area (Å²) in [5.74, 6) is 0. The van der Waals surface area contributed by atoms with Gasteiger partial charge in [0.2, 0.25) is 0 Å². The van der Waals surface area contributed by atoms with E-state index in [1.165, 1.54) is 0 Å². The molecule has 0 fully saturated rings. The van der Waals surface area contributed by atoms with E-state index in [2.05, 4.69) is 17.5 Å². The molecule has 0 amide bonds. The molecule has 18 heavy (non-hydrogen) atoms. The van der Waals surface area contributed by atoms with Crippen LogP contribution >= 0.6 is 11.8 Å². The minimum Gasteiger partial charge on any atom is -0.354 e. The van der Waals surface area contributed by atoms with Gasteiger partial charge in [-0.25, -0.2) is 0 Å². The largest absolute Gasteiger partial charge is 0.354 e. The van der Waals surface area contributed by atoms with E-state index in [1.807, 2.05) is 24.3 Å². The maximum Gasteiger partial charge on any atom is 0.0992 e. The second kappa shape index (κ2) is 4.10. The van der Waals surface area contributed by atoms with Gasteiger partial charge in [0, 0.05) is 9.79 Å². The van der Waals surface area contributed by atoms with Gasteiger partial charge in [-0.05, 0) is 36.4 Å². The van der Waals surface area contributed by atoms with Crippen LogP contribution in [0.3, 0.4) is 0 Å². The molecule has 0 radical (unpaired) electrons. The average Bonchev–Trinajstić information content (AvgIpc) is 2.43. The molecule has 1 aliphatic rings. The van der Waals surface area contributed by atoms with Gasteiger partial charge in [-0.2, -0.15) is 10.5 Å². The number of anilines is 2. The van der Waals surface area contributed by atoms with Gasteiger partial charge >= 0.3 is 0 Å². The quantitative estimate of drug-likeness (QED) is 0.660. The molecule has 0 saturated heterocycles. The predicted octanol–water partition coefficient (Wildman–Crippen LogP) is 3.64. The fourth-order valence-electron chi connectivity index (χ4n) is 1.83. The first-order chi connectivity index (χ1) is 8.80. The molecule has 0 unspecified atom stereocenters. The highest BCUT2D eigenvalue weighted by Gasteiger charge is 2.16. The van der Waals surface area contributed by atoms with Gasteiger partial charge in [-0.15, -0.1) is 0 Å². The number of nitrogens with zero attached hydrogens (tertiary/aromatic N) is 2. The van der Waals surface area contributed by atoms with Crippen LogP contribution in [0.1, 0.15) is 11.1 Å². The van der Waals surface area contributed by atoms with Crippen LogP contribution in [-0.2, 0) is 0 Å². The van der Waals surface area contributed by atoms with E-state index < -0.39 is 0 Å². The van der Waals surface area contributed by atoms with Crippen LogP contribution in [0.15, 0.2) is 46.2 Å². The second-order valence-electron chi connectivity index (χ2n) is 3.87. The molecular weight excluding hydrogens is 242 g/mol. The first-order valence-electron chi connectivity index (χ1n) is 5.33. The Morgan fingerprint density at radius 2 is 1.56 bits per heavy atom. The van der Waals surface area contributed by atoms with Crippen LogP contribution in [0.5, 0.6) is 0 Å². The Labute approximate surface area is 109 Å². The topological polar surface area (TPSA) is 59.6 Å². The second-order valence-corrected chi connectivity index (χ2v) is 4.96. The number of fused-ring (bicyclic) bond motifs is 2. The Kier molecular flexibility index (Phi) is 2.44. The van der Waals surface area contributed by atoms with Crippen molar-refractivity contribution in [2.45, 2.75) is 9.79 Å². The maximum absolute atomic E-state index is 8.89. The molecule has 3 rings (SSSR count). The Bertz CT molecular complexity index is 659. The van der Waals surface area contributed by atoms with E-state index in [4.69, 9.17) is 10.5 Å².